The lowest BCUT2D eigenvalue weighted by Crippen LogP contribution is -2.42. The van der Waals surface area contributed by atoms with Crippen LogP contribution >= 0.6 is 0 Å². The van der Waals surface area contributed by atoms with Gasteiger partial charge in [-0.25, -0.2) is 8.42 Å². The first-order valence-corrected chi connectivity index (χ1v) is 10.4. The molecule has 148 valence electrons. The van der Waals surface area contributed by atoms with E-state index in [4.69, 9.17) is 10.00 Å². The summed E-state index contributed by atoms with van der Waals surface area (Å²) in [5, 5.41) is 9.13. The molecular formula is C21H24N2O4S. The van der Waals surface area contributed by atoms with Gasteiger partial charge in [-0.1, -0.05) is 49.7 Å². The van der Waals surface area contributed by atoms with Gasteiger partial charge in [-0.3, -0.25) is 4.79 Å². The molecule has 6 nitrogen and oxygen atoms in total. The molecule has 2 rings (SSSR count). The van der Waals surface area contributed by atoms with Crippen molar-refractivity contribution in [3.05, 3.63) is 65.2 Å². The largest absolute Gasteiger partial charge is 0.460 e. The summed E-state index contributed by atoms with van der Waals surface area (Å²) in [4.78, 5) is 12.7. The second-order valence-electron chi connectivity index (χ2n) is 6.99. The molecular weight excluding hydrogens is 376 g/mol. The van der Waals surface area contributed by atoms with Gasteiger partial charge in [0.15, 0.2) is 0 Å². The molecule has 0 fully saturated rings. The fourth-order valence-corrected chi connectivity index (χ4v) is 3.84. The molecule has 0 spiro atoms. The van der Waals surface area contributed by atoms with Crippen molar-refractivity contribution in [2.75, 3.05) is 0 Å². The van der Waals surface area contributed by atoms with Crippen LogP contribution in [0.25, 0.3) is 0 Å². The lowest BCUT2D eigenvalue weighted by atomic mass is 10.0. The van der Waals surface area contributed by atoms with E-state index in [1.54, 1.807) is 36.4 Å². The maximum atomic E-state index is 12.7. The number of aryl methyl sites for hydroxylation is 1. The van der Waals surface area contributed by atoms with Gasteiger partial charge in [-0.2, -0.15) is 9.98 Å². The maximum Gasteiger partial charge on any atom is 0.324 e. The van der Waals surface area contributed by atoms with Crippen molar-refractivity contribution in [3.63, 3.8) is 0 Å². The Hall–Kier alpha value is -2.69. The zero-order valence-corrected chi connectivity index (χ0v) is 17.0. The molecule has 7 heteroatoms. The van der Waals surface area contributed by atoms with E-state index >= 15 is 0 Å². The Balaban J connectivity index is 2.15. The summed E-state index contributed by atoms with van der Waals surface area (Å²) in [6, 6.07) is 14.2. The van der Waals surface area contributed by atoms with Gasteiger partial charge in [0.05, 0.1) is 16.5 Å². The Morgan fingerprint density at radius 1 is 1.14 bits per heavy atom. The van der Waals surface area contributed by atoms with E-state index in [1.165, 1.54) is 12.1 Å². The third kappa shape index (κ3) is 5.91. The normalized spacial score (nSPS) is 12.4. The van der Waals surface area contributed by atoms with E-state index in [0.717, 1.165) is 5.56 Å². The summed E-state index contributed by atoms with van der Waals surface area (Å²) in [6.07, 6.45) is 0.295. The zero-order valence-electron chi connectivity index (χ0n) is 16.2. The number of nitrogens with one attached hydrogen (secondary N) is 1. The predicted octanol–water partition coefficient (Wildman–Crippen LogP) is 3.30. The summed E-state index contributed by atoms with van der Waals surface area (Å²) in [5.41, 5.74) is 1.92. The predicted molar refractivity (Wildman–Crippen MR) is 106 cm³/mol. The van der Waals surface area contributed by atoms with E-state index < -0.39 is 22.0 Å². The highest BCUT2D eigenvalue weighted by molar-refractivity contribution is 7.89. The highest BCUT2D eigenvalue weighted by Crippen LogP contribution is 2.15. The molecule has 28 heavy (non-hydrogen) atoms. The first kappa shape index (κ1) is 21.6. The minimum Gasteiger partial charge on any atom is -0.460 e. The van der Waals surface area contributed by atoms with Crippen molar-refractivity contribution in [3.8, 4) is 6.07 Å². The van der Waals surface area contributed by atoms with Gasteiger partial charge in [0.2, 0.25) is 10.0 Å². The molecule has 0 amide bonds. The molecule has 2 aromatic rings. The van der Waals surface area contributed by atoms with Crippen LogP contribution in [0.5, 0.6) is 0 Å². The third-order valence-electron chi connectivity index (χ3n) is 4.13. The lowest BCUT2D eigenvalue weighted by molar-refractivity contribution is -0.147. The van der Waals surface area contributed by atoms with Crippen molar-refractivity contribution < 1.29 is 17.9 Å². The van der Waals surface area contributed by atoms with Crippen LogP contribution in [0.1, 0.15) is 37.0 Å². The van der Waals surface area contributed by atoms with E-state index in [9.17, 15) is 13.2 Å². The van der Waals surface area contributed by atoms with Crippen molar-refractivity contribution in [1.29, 1.82) is 5.26 Å². The molecule has 1 N–H and O–H groups in total. The standard InChI is InChI=1S/C21H24N2O4S/c1-15(2)12-20(23-28(25,26)19-10-8-16(3)9-11-19)21(24)27-14-18-7-5-4-6-17(18)13-22/h4-11,15,20,23H,12,14H2,1-3H3/t20-/m0/s1. The van der Waals surface area contributed by atoms with Crippen molar-refractivity contribution in [2.24, 2.45) is 5.92 Å². The summed E-state index contributed by atoms with van der Waals surface area (Å²) < 4.78 is 33.1. The highest BCUT2D eigenvalue weighted by atomic mass is 32.2. The van der Waals surface area contributed by atoms with Crippen molar-refractivity contribution in [1.82, 2.24) is 4.72 Å². The number of esters is 1. The molecule has 0 saturated carbocycles. The van der Waals surface area contributed by atoms with E-state index in [1.807, 2.05) is 26.8 Å². The molecule has 1 atom stereocenters. The van der Waals surface area contributed by atoms with Crippen LogP contribution in [0.15, 0.2) is 53.4 Å². The van der Waals surface area contributed by atoms with Crippen LogP contribution in [0, 0.1) is 24.2 Å². The fraction of sp³-hybridized carbons (Fsp3) is 0.333. The molecule has 0 aromatic heterocycles. The van der Waals surface area contributed by atoms with Crippen molar-refractivity contribution >= 4 is 16.0 Å². The average molecular weight is 401 g/mol. The Morgan fingerprint density at radius 2 is 1.79 bits per heavy atom. The number of benzene rings is 2. The SMILES string of the molecule is Cc1ccc(S(=O)(=O)N[C@@H](CC(C)C)C(=O)OCc2ccccc2C#N)cc1. The van der Waals surface area contributed by atoms with Crippen LogP contribution in [-0.2, 0) is 26.2 Å². The number of carbonyl (C=O) groups excluding carboxylic acids is 1. The van der Waals surface area contributed by atoms with E-state index in [0.29, 0.717) is 17.5 Å². The average Bonchev–Trinajstić information content (AvgIpc) is 2.65. The number of ether oxygens (including phenoxy) is 1. The van der Waals surface area contributed by atoms with E-state index in [2.05, 4.69) is 4.72 Å². The van der Waals surface area contributed by atoms with Gasteiger partial charge in [0.25, 0.3) is 0 Å². The smallest absolute Gasteiger partial charge is 0.324 e. The fourth-order valence-electron chi connectivity index (χ4n) is 2.64. The number of hydrogen-bond donors (Lipinski definition) is 1. The summed E-state index contributed by atoms with van der Waals surface area (Å²) >= 11 is 0. The summed E-state index contributed by atoms with van der Waals surface area (Å²) in [5.74, 6) is -0.596. The number of sulfonamides is 1. The second kappa shape index (κ2) is 9.49. The van der Waals surface area contributed by atoms with Gasteiger partial charge >= 0.3 is 5.97 Å². The van der Waals surface area contributed by atoms with Crippen LogP contribution in [-0.4, -0.2) is 20.4 Å². The van der Waals surface area contributed by atoms with Crippen LogP contribution in [0.4, 0.5) is 0 Å². The molecule has 0 aliphatic carbocycles. The van der Waals surface area contributed by atoms with Gasteiger partial charge in [0, 0.05) is 5.56 Å². The number of nitrogens with zero attached hydrogens (tertiary/aromatic N) is 1. The molecule has 0 radical (unpaired) electrons. The molecule has 2 aromatic carbocycles. The number of nitriles is 1. The molecule has 0 aliphatic rings. The summed E-state index contributed by atoms with van der Waals surface area (Å²) in [6.45, 7) is 5.56. The van der Waals surface area contributed by atoms with Gasteiger partial charge in [-0.05, 0) is 37.5 Å². The Morgan fingerprint density at radius 3 is 2.39 bits per heavy atom. The number of carbonyl (C=O) groups is 1. The second-order valence-corrected chi connectivity index (χ2v) is 8.71. The monoisotopic (exact) mass is 400 g/mol. The Kier molecular flexibility index (Phi) is 7.32. The Bertz CT molecular complexity index is 961. The third-order valence-corrected chi connectivity index (χ3v) is 5.62. The van der Waals surface area contributed by atoms with Gasteiger partial charge in [0.1, 0.15) is 12.6 Å². The van der Waals surface area contributed by atoms with Crippen LogP contribution in [0.3, 0.4) is 0 Å². The topological polar surface area (TPSA) is 96.3 Å². The van der Waals surface area contributed by atoms with Gasteiger partial charge in [-0.15, -0.1) is 0 Å². The highest BCUT2D eigenvalue weighted by Gasteiger charge is 2.28. The van der Waals surface area contributed by atoms with Crippen LogP contribution < -0.4 is 4.72 Å². The molecule has 0 unspecified atom stereocenters. The van der Waals surface area contributed by atoms with Crippen molar-refractivity contribution in [2.45, 2.75) is 44.7 Å². The minimum atomic E-state index is -3.87. The molecule has 0 heterocycles. The maximum absolute atomic E-state index is 12.7. The minimum absolute atomic E-state index is 0.0738. The molecule has 0 bridgehead atoms. The molecule has 0 saturated heterocycles. The lowest BCUT2D eigenvalue weighted by Gasteiger charge is -2.19. The van der Waals surface area contributed by atoms with Crippen LogP contribution in [0.2, 0.25) is 0 Å². The summed E-state index contributed by atoms with van der Waals surface area (Å²) in [7, 11) is -3.87. The zero-order chi connectivity index (χ0) is 20.7. The first-order chi connectivity index (χ1) is 13.2. The number of rotatable bonds is 8. The van der Waals surface area contributed by atoms with Gasteiger partial charge < -0.3 is 4.74 Å². The Labute approximate surface area is 166 Å². The van der Waals surface area contributed by atoms with E-state index in [-0.39, 0.29) is 17.4 Å². The quantitative estimate of drug-likeness (QED) is 0.686. The molecule has 0 aliphatic heterocycles. The number of hydrogen-bond acceptors (Lipinski definition) is 5. The first-order valence-electron chi connectivity index (χ1n) is 8.96.